The molecule has 7 heteroatoms. The van der Waals surface area contributed by atoms with Gasteiger partial charge in [-0.15, -0.1) is 0 Å². The van der Waals surface area contributed by atoms with E-state index in [0.29, 0.717) is 34.5 Å². The lowest BCUT2D eigenvalue weighted by Gasteiger charge is -2.15. The zero-order valence-corrected chi connectivity index (χ0v) is 15.6. The van der Waals surface area contributed by atoms with Crippen LogP contribution in [0.1, 0.15) is 12.5 Å². The molecule has 27 heavy (non-hydrogen) atoms. The van der Waals surface area contributed by atoms with Crippen LogP contribution >= 0.6 is 0 Å². The van der Waals surface area contributed by atoms with Gasteiger partial charge in [-0.05, 0) is 36.2 Å². The summed E-state index contributed by atoms with van der Waals surface area (Å²) >= 11 is 0. The molecule has 0 fully saturated rings. The van der Waals surface area contributed by atoms with Gasteiger partial charge in [-0.3, -0.25) is 0 Å². The fourth-order valence-electron chi connectivity index (χ4n) is 2.59. The number of nitrogen functional groups attached to an aromatic ring is 1. The molecule has 0 saturated heterocycles. The third kappa shape index (κ3) is 4.20. The van der Waals surface area contributed by atoms with Crippen LogP contribution < -0.4 is 25.8 Å². The van der Waals surface area contributed by atoms with Crippen LogP contribution in [-0.2, 0) is 6.42 Å². The van der Waals surface area contributed by atoms with Gasteiger partial charge in [-0.1, -0.05) is 19.1 Å². The molecule has 0 amide bonds. The summed E-state index contributed by atoms with van der Waals surface area (Å²) in [6, 6.07) is 13.6. The van der Waals surface area contributed by atoms with Crippen molar-refractivity contribution in [3.8, 4) is 11.5 Å². The van der Waals surface area contributed by atoms with E-state index in [1.165, 1.54) is 11.9 Å². The van der Waals surface area contributed by atoms with Gasteiger partial charge in [0.05, 0.1) is 19.9 Å². The lowest BCUT2D eigenvalue weighted by atomic mass is 10.1. The molecule has 4 N–H and O–H groups in total. The second-order valence-corrected chi connectivity index (χ2v) is 5.85. The van der Waals surface area contributed by atoms with Crippen molar-refractivity contribution in [3.63, 3.8) is 0 Å². The normalized spacial score (nSPS) is 10.3. The van der Waals surface area contributed by atoms with Crippen molar-refractivity contribution in [2.75, 3.05) is 30.6 Å². The zero-order chi connectivity index (χ0) is 19.2. The predicted octanol–water partition coefficient (Wildman–Crippen LogP) is 4.13. The highest BCUT2D eigenvalue weighted by molar-refractivity contribution is 5.81. The first-order chi connectivity index (χ1) is 13.1. The van der Waals surface area contributed by atoms with Crippen LogP contribution in [0.3, 0.4) is 0 Å². The third-order valence-electron chi connectivity index (χ3n) is 4.17. The Balaban J connectivity index is 1.86. The van der Waals surface area contributed by atoms with Gasteiger partial charge < -0.3 is 25.8 Å². The highest BCUT2D eigenvalue weighted by atomic mass is 16.5. The van der Waals surface area contributed by atoms with Gasteiger partial charge in [0.1, 0.15) is 23.5 Å². The number of aryl methyl sites for hydroxylation is 1. The van der Waals surface area contributed by atoms with Crippen LogP contribution in [0.25, 0.3) is 0 Å². The largest absolute Gasteiger partial charge is 0.497 e. The lowest BCUT2D eigenvalue weighted by Crippen LogP contribution is -2.06. The second-order valence-electron chi connectivity index (χ2n) is 5.85. The average molecular weight is 365 g/mol. The number of anilines is 5. The molecule has 140 valence electrons. The van der Waals surface area contributed by atoms with E-state index in [1.54, 1.807) is 14.2 Å². The Hall–Kier alpha value is -3.48. The summed E-state index contributed by atoms with van der Waals surface area (Å²) in [5, 5.41) is 6.42. The molecule has 0 aliphatic heterocycles. The van der Waals surface area contributed by atoms with E-state index >= 15 is 0 Å². The smallest absolute Gasteiger partial charge is 0.159 e. The molecule has 0 radical (unpaired) electrons. The van der Waals surface area contributed by atoms with Crippen molar-refractivity contribution in [3.05, 3.63) is 54.4 Å². The molecule has 2 aromatic carbocycles. The zero-order valence-electron chi connectivity index (χ0n) is 15.6. The Labute approximate surface area is 158 Å². The number of hydrogen-bond donors (Lipinski definition) is 3. The van der Waals surface area contributed by atoms with Gasteiger partial charge in [-0.2, -0.15) is 0 Å². The summed E-state index contributed by atoms with van der Waals surface area (Å²) in [6.07, 6.45) is 2.44. The summed E-state index contributed by atoms with van der Waals surface area (Å²) in [7, 11) is 3.21. The molecule has 0 atom stereocenters. The molecule has 3 aromatic rings. The molecule has 0 unspecified atom stereocenters. The minimum absolute atomic E-state index is 0.405. The van der Waals surface area contributed by atoms with E-state index in [4.69, 9.17) is 15.2 Å². The summed E-state index contributed by atoms with van der Waals surface area (Å²) in [6.45, 7) is 2.12. The van der Waals surface area contributed by atoms with Gasteiger partial charge >= 0.3 is 0 Å². The van der Waals surface area contributed by atoms with Crippen molar-refractivity contribution < 1.29 is 9.47 Å². The number of ether oxygens (including phenoxy) is 2. The van der Waals surface area contributed by atoms with Crippen molar-refractivity contribution in [2.45, 2.75) is 13.3 Å². The van der Waals surface area contributed by atoms with Crippen LogP contribution in [0.4, 0.5) is 28.7 Å². The number of methoxy groups -OCH3 is 2. The molecule has 3 rings (SSSR count). The minimum Gasteiger partial charge on any atom is -0.497 e. The summed E-state index contributed by atoms with van der Waals surface area (Å²) in [4.78, 5) is 8.50. The number of rotatable bonds is 7. The number of benzene rings is 2. The van der Waals surface area contributed by atoms with Gasteiger partial charge in [0, 0.05) is 11.8 Å². The molecule has 7 nitrogen and oxygen atoms in total. The quantitative estimate of drug-likeness (QED) is 0.579. The van der Waals surface area contributed by atoms with Gasteiger partial charge in [0.2, 0.25) is 0 Å². The van der Waals surface area contributed by atoms with Crippen molar-refractivity contribution in [1.82, 2.24) is 9.97 Å². The van der Waals surface area contributed by atoms with Gasteiger partial charge in [0.25, 0.3) is 0 Å². The SMILES string of the molecule is CCc1ccc(Nc2ncnc(Nc3cc(OC)ccc3OC)c2N)cc1. The van der Waals surface area contributed by atoms with Crippen molar-refractivity contribution in [2.24, 2.45) is 0 Å². The molecule has 1 heterocycles. The minimum atomic E-state index is 0.405. The first-order valence-electron chi connectivity index (χ1n) is 8.60. The molecular formula is C20H23N5O2. The van der Waals surface area contributed by atoms with E-state index in [9.17, 15) is 0 Å². The van der Waals surface area contributed by atoms with Gasteiger partial charge in [0.15, 0.2) is 11.6 Å². The number of nitrogens with one attached hydrogen (secondary N) is 2. The summed E-state index contributed by atoms with van der Waals surface area (Å²) in [5.74, 6) is 2.35. The third-order valence-corrected chi connectivity index (χ3v) is 4.17. The van der Waals surface area contributed by atoms with Crippen LogP contribution in [0.15, 0.2) is 48.8 Å². The van der Waals surface area contributed by atoms with Crippen LogP contribution in [0.2, 0.25) is 0 Å². The first-order valence-corrected chi connectivity index (χ1v) is 8.60. The van der Waals surface area contributed by atoms with E-state index in [1.807, 2.05) is 30.3 Å². The highest BCUT2D eigenvalue weighted by Gasteiger charge is 2.12. The van der Waals surface area contributed by atoms with E-state index in [2.05, 4.69) is 39.7 Å². The van der Waals surface area contributed by atoms with E-state index < -0.39 is 0 Å². The maximum absolute atomic E-state index is 6.28. The summed E-state index contributed by atoms with van der Waals surface area (Å²) in [5.41, 5.74) is 9.55. The van der Waals surface area contributed by atoms with E-state index in [-0.39, 0.29) is 0 Å². The Morgan fingerprint density at radius 2 is 1.63 bits per heavy atom. The maximum atomic E-state index is 6.28. The lowest BCUT2D eigenvalue weighted by molar-refractivity contribution is 0.405. The van der Waals surface area contributed by atoms with Gasteiger partial charge in [-0.25, -0.2) is 9.97 Å². The van der Waals surface area contributed by atoms with Crippen molar-refractivity contribution >= 4 is 28.7 Å². The highest BCUT2D eigenvalue weighted by Crippen LogP contribution is 2.34. The Morgan fingerprint density at radius 3 is 2.26 bits per heavy atom. The molecule has 0 bridgehead atoms. The van der Waals surface area contributed by atoms with Crippen LogP contribution in [0, 0.1) is 0 Å². The fourth-order valence-corrected chi connectivity index (χ4v) is 2.59. The molecule has 0 spiro atoms. The average Bonchev–Trinajstić information content (AvgIpc) is 2.71. The molecular weight excluding hydrogens is 342 g/mol. The number of aromatic nitrogens is 2. The number of nitrogens with two attached hydrogens (primary N) is 1. The fraction of sp³-hybridized carbons (Fsp3) is 0.200. The molecule has 1 aromatic heterocycles. The maximum Gasteiger partial charge on any atom is 0.159 e. The Bertz CT molecular complexity index is 913. The molecule has 0 aliphatic rings. The molecule has 0 aliphatic carbocycles. The standard InChI is InChI=1S/C20H23N5O2/c1-4-13-5-7-14(8-6-13)24-19-18(21)20(23-12-22-19)25-16-11-15(26-2)9-10-17(16)27-3/h5-12H,4,21H2,1-3H3,(H2,22,23,24,25). The van der Waals surface area contributed by atoms with Crippen molar-refractivity contribution in [1.29, 1.82) is 0 Å². The van der Waals surface area contributed by atoms with Crippen LogP contribution in [-0.4, -0.2) is 24.2 Å². The second kappa shape index (κ2) is 8.27. The first kappa shape index (κ1) is 18.3. The van der Waals surface area contributed by atoms with E-state index in [0.717, 1.165) is 12.1 Å². The topological polar surface area (TPSA) is 94.3 Å². The monoisotopic (exact) mass is 365 g/mol. The Kier molecular flexibility index (Phi) is 5.61. The molecule has 0 saturated carbocycles. The number of hydrogen-bond acceptors (Lipinski definition) is 7. The summed E-state index contributed by atoms with van der Waals surface area (Å²) < 4.78 is 10.7. The van der Waals surface area contributed by atoms with Crippen LogP contribution in [0.5, 0.6) is 11.5 Å². The number of nitrogens with zero attached hydrogens (tertiary/aromatic N) is 2. The Morgan fingerprint density at radius 1 is 0.926 bits per heavy atom. The predicted molar refractivity (Wildman–Crippen MR) is 108 cm³/mol.